The third-order valence-corrected chi connectivity index (χ3v) is 2.67. The summed E-state index contributed by atoms with van der Waals surface area (Å²) in [5, 5.41) is 15.1. The smallest absolute Gasteiger partial charge is 0.276 e. The normalized spacial score (nSPS) is 10.9. The van der Waals surface area contributed by atoms with Gasteiger partial charge in [-0.2, -0.15) is 0 Å². The van der Waals surface area contributed by atoms with E-state index in [0.29, 0.717) is 0 Å². The highest BCUT2D eigenvalue weighted by molar-refractivity contribution is 5.77. The van der Waals surface area contributed by atoms with Crippen LogP contribution in [0.4, 0.5) is 5.69 Å². The zero-order valence-electron chi connectivity index (χ0n) is 9.52. The zero-order valence-corrected chi connectivity index (χ0v) is 9.52. The van der Waals surface area contributed by atoms with Crippen molar-refractivity contribution >= 4 is 16.7 Å². The van der Waals surface area contributed by atoms with Crippen molar-refractivity contribution in [2.75, 3.05) is 0 Å². The number of hydrogen-bond donors (Lipinski definition) is 0. The molecule has 3 rings (SSSR count). The Balaban J connectivity index is 2.29. The molecule has 0 fully saturated rings. The average molecular weight is 243 g/mol. The van der Waals surface area contributed by atoms with Crippen LogP contribution in [0.15, 0.2) is 36.8 Å². The van der Waals surface area contributed by atoms with Gasteiger partial charge in [0.05, 0.1) is 16.0 Å². The number of benzene rings is 1. The van der Waals surface area contributed by atoms with E-state index in [0.717, 1.165) is 11.0 Å². The molecule has 0 amide bonds. The molecule has 2 heterocycles. The molecule has 7 heteroatoms. The second kappa shape index (κ2) is 3.66. The van der Waals surface area contributed by atoms with Crippen molar-refractivity contribution in [2.24, 2.45) is 7.05 Å². The van der Waals surface area contributed by atoms with E-state index >= 15 is 0 Å². The maximum atomic E-state index is 11.0. The van der Waals surface area contributed by atoms with Crippen LogP contribution in [0.5, 0.6) is 0 Å². The minimum Gasteiger partial charge on any atom is -0.276 e. The lowest BCUT2D eigenvalue weighted by Crippen LogP contribution is -1.98. The number of rotatable bonds is 2. The zero-order chi connectivity index (χ0) is 12.7. The number of nitro groups is 1. The third kappa shape index (κ3) is 1.45. The summed E-state index contributed by atoms with van der Waals surface area (Å²) in [5.74, 6) is 0.274. The van der Waals surface area contributed by atoms with E-state index in [-0.39, 0.29) is 11.5 Å². The lowest BCUT2D eigenvalue weighted by Gasteiger charge is -1.98. The Hall–Kier alpha value is -2.70. The van der Waals surface area contributed by atoms with E-state index in [1.165, 1.54) is 10.9 Å². The number of imidazole rings is 1. The van der Waals surface area contributed by atoms with E-state index in [9.17, 15) is 10.1 Å². The van der Waals surface area contributed by atoms with Crippen LogP contribution in [0.3, 0.4) is 0 Å². The van der Waals surface area contributed by atoms with Gasteiger partial charge in [-0.15, -0.1) is 5.10 Å². The summed E-state index contributed by atoms with van der Waals surface area (Å²) in [5.41, 5.74) is 1.53. The standard InChI is InChI=1S/C11H9N5O2/c1-14-6-10(16(17)18)11(13-14)15-7-12-8-4-2-3-5-9(8)15/h2-7H,1H3. The summed E-state index contributed by atoms with van der Waals surface area (Å²) in [6.45, 7) is 0. The van der Waals surface area contributed by atoms with Crippen molar-refractivity contribution in [3.63, 3.8) is 0 Å². The second-order valence-electron chi connectivity index (χ2n) is 3.87. The van der Waals surface area contributed by atoms with Crippen molar-refractivity contribution in [3.05, 3.63) is 46.9 Å². The minimum atomic E-state index is -0.447. The monoisotopic (exact) mass is 243 g/mol. The first-order valence-corrected chi connectivity index (χ1v) is 5.27. The molecule has 0 unspecified atom stereocenters. The highest BCUT2D eigenvalue weighted by Crippen LogP contribution is 2.24. The molecular formula is C11H9N5O2. The fraction of sp³-hybridized carbons (Fsp3) is 0.0909. The maximum absolute atomic E-state index is 11.0. The van der Waals surface area contributed by atoms with Crippen LogP contribution in [-0.4, -0.2) is 24.3 Å². The van der Waals surface area contributed by atoms with Gasteiger partial charge in [-0.05, 0) is 12.1 Å². The molecule has 0 aliphatic rings. The number of aromatic nitrogens is 4. The molecular weight excluding hydrogens is 234 g/mol. The fourth-order valence-electron chi connectivity index (χ4n) is 1.89. The van der Waals surface area contributed by atoms with Crippen molar-refractivity contribution < 1.29 is 4.92 Å². The van der Waals surface area contributed by atoms with Crippen molar-refractivity contribution in [3.8, 4) is 5.82 Å². The van der Waals surface area contributed by atoms with Gasteiger partial charge in [0.1, 0.15) is 12.5 Å². The van der Waals surface area contributed by atoms with Crippen LogP contribution in [0, 0.1) is 10.1 Å². The number of aryl methyl sites for hydroxylation is 1. The van der Waals surface area contributed by atoms with E-state index in [1.807, 2.05) is 24.3 Å². The largest absolute Gasteiger partial charge is 0.331 e. The highest BCUT2D eigenvalue weighted by Gasteiger charge is 2.21. The second-order valence-corrected chi connectivity index (χ2v) is 3.87. The van der Waals surface area contributed by atoms with E-state index in [1.54, 1.807) is 17.9 Å². The van der Waals surface area contributed by atoms with Crippen LogP contribution < -0.4 is 0 Å². The molecule has 0 N–H and O–H groups in total. The van der Waals surface area contributed by atoms with Gasteiger partial charge in [-0.3, -0.25) is 19.4 Å². The summed E-state index contributed by atoms with van der Waals surface area (Å²) < 4.78 is 3.04. The molecule has 7 nitrogen and oxygen atoms in total. The van der Waals surface area contributed by atoms with Crippen molar-refractivity contribution in [1.82, 2.24) is 19.3 Å². The van der Waals surface area contributed by atoms with Crippen LogP contribution in [0.2, 0.25) is 0 Å². The van der Waals surface area contributed by atoms with Crippen molar-refractivity contribution in [2.45, 2.75) is 0 Å². The maximum Gasteiger partial charge on any atom is 0.331 e. The molecule has 0 radical (unpaired) electrons. The van der Waals surface area contributed by atoms with Crippen LogP contribution in [0.1, 0.15) is 0 Å². The minimum absolute atomic E-state index is 0.0411. The van der Waals surface area contributed by atoms with Gasteiger partial charge in [0.25, 0.3) is 0 Å². The summed E-state index contributed by atoms with van der Waals surface area (Å²) in [7, 11) is 1.65. The van der Waals surface area contributed by atoms with Gasteiger partial charge in [0.15, 0.2) is 0 Å². The predicted octanol–water partition coefficient (Wildman–Crippen LogP) is 1.67. The Morgan fingerprint density at radius 1 is 1.33 bits per heavy atom. The van der Waals surface area contributed by atoms with Gasteiger partial charge in [-0.1, -0.05) is 12.1 Å². The Morgan fingerprint density at radius 3 is 2.89 bits per heavy atom. The molecule has 90 valence electrons. The van der Waals surface area contributed by atoms with E-state index in [2.05, 4.69) is 10.1 Å². The van der Waals surface area contributed by atoms with Crippen molar-refractivity contribution in [1.29, 1.82) is 0 Å². The average Bonchev–Trinajstić information content (AvgIpc) is 2.92. The summed E-state index contributed by atoms with van der Waals surface area (Å²) in [6, 6.07) is 7.42. The molecule has 18 heavy (non-hydrogen) atoms. The van der Waals surface area contributed by atoms with Crippen LogP contribution in [-0.2, 0) is 7.05 Å². The Kier molecular flexibility index (Phi) is 2.12. The fourth-order valence-corrected chi connectivity index (χ4v) is 1.89. The van der Waals surface area contributed by atoms with Gasteiger partial charge in [0, 0.05) is 7.05 Å². The van der Waals surface area contributed by atoms with Gasteiger partial charge >= 0.3 is 5.69 Å². The van der Waals surface area contributed by atoms with Gasteiger partial charge in [0.2, 0.25) is 5.82 Å². The molecule has 0 atom stereocenters. The molecule has 1 aromatic carbocycles. The summed E-state index contributed by atoms with van der Waals surface area (Å²) >= 11 is 0. The quantitative estimate of drug-likeness (QED) is 0.506. The van der Waals surface area contributed by atoms with E-state index in [4.69, 9.17) is 0 Å². The molecule has 0 saturated carbocycles. The predicted molar refractivity (Wildman–Crippen MR) is 64.5 cm³/mol. The lowest BCUT2D eigenvalue weighted by molar-refractivity contribution is -0.384. The molecule has 0 aliphatic heterocycles. The van der Waals surface area contributed by atoms with Crippen LogP contribution in [0.25, 0.3) is 16.9 Å². The van der Waals surface area contributed by atoms with E-state index < -0.39 is 4.92 Å². The third-order valence-electron chi connectivity index (χ3n) is 2.67. The first kappa shape index (κ1) is 10.5. The van der Waals surface area contributed by atoms with Crippen LogP contribution >= 0.6 is 0 Å². The molecule has 3 aromatic rings. The summed E-state index contributed by atoms with van der Waals surface area (Å²) in [4.78, 5) is 14.7. The lowest BCUT2D eigenvalue weighted by atomic mass is 10.3. The summed E-state index contributed by atoms with van der Waals surface area (Å²) in [6.07, 6.45) is 2.92. The highest BCUT2D eigenvalue weighted by atomic mass is 16.6. The Labute approximate surface area is 101 Å². The topological polar surface area (TPSA) is 78.8 Å². The molecule has 2 aromatic heterocycles. The first-order valence-electron chi connectivity index (χ1n) is 5.27. The first-order chi connectivity index (χ1) is 8.66. The van der Waals surface area contributed by atoms with Gasteiger partial charge in [-0.25, -0.2) is 4.98 Å². The SMILES string of the molecule is Cn1cc([N+](=O)[O-])c(-n2cnc3ccccc32)n1. The molecule has 0 saturated heterocycles. The number of para-hydroxylation sites is 2. The Morgan fingerprint density at radius 2 is 2.11 bits per heavy atom. The van der Waals surface area contributed by atoms with Gasteiger partial charge < -0.3 is 0 Å². The number of hydrogen-bond acceptors (Lipinski definition) is 4. The number of fused-ring (bicyclic) bond motifs is 1. The molecule has 0 spiro atoms. The molecule has 0 aliphatic carbocycles. The molecule has 0 bridgehead atoms. The number of nitrogens with zero attached hydrogens (tertiary/aromatic N) is 5. The Bertz CT molecular complexity index is 743.